The molecule has 18 heavy (non-hydrogen) atoms. The Morgan fingerprint density at radius 2 is 1.72 bits per heavy atom. The number of aliphatic hydroxyl groups is 1. The van der Waals surface area contributed by atoms with Crippen LogP contribution in [0.25, 0.3) is 0 Å². The van der Waals surface area contributed by atoms with Gasteiger partial charge in [0.05, 0.1) is 6.61 Å². The molecule has 1 aliphatic rings. The third-order valence-corrected chi connectivity index (χ3v) is 3.77. The highest BCUT2D eigenvalue weighted by Crippen LogP contribution is 2.24. The van der Waals surface area contributed by atoms with Crippen LogP contribution in [0.5, 0.6) is 0 Å². The first-order chi connectivity index (χ1) is 8.72. The van der Waals surface area contributed by atoms with Crippen LogP contribution in [0.1, 0.15) is 48.9 Å². The van der Waals surface area contributed by atoms with Crippen molar-refractivity contribution in [2.75, 3.05) is 18.0 Å². The van der Waals surface area contributed by atoms with Gasteiger partial charge in [0.2, 0.25) is 0 Å². The van der Waals surface area contributed by atoms with Gasteiger partial charge in [0.25, 0.3) is 0 Å². The van der Waals surface area contributed by atoms with Gasteiger partial charge in [-0.05, 0) is 38.3 Å². The molecule has 0 aromatic carbocycles. The standard InChI is InChI=1S/C15H24N2O/c1-12-10-13(2)16-15(14(12)11-18)17-8-6-4-3-5-7-9-17/h10,18H,3-9,11H2,1-2H3. The normalized spacial score (nSPS) is 17.4. The maximum Gasteiger partial charge on any atom is 0.134 e. The molecule has 0 amide bonds. The second-order valence-electron chi connectivity index (χ2n) is 5.30. The molecule has 0 atom stereocenters. The van der Waals surface area contributed by atoms with Gasteiger partial charge in [-0.3, -0.25) is 0 Å². The Hall–Kier alpha value is -1.09. The van der Waals surface area contributed by atoms with Gasteiger partial charge in [0.1, 0.15) is 5.82 Å². The van der Waals surface area contributed by atoms with E-state index in [1.54, 1.807) is 0 Å². The summed E-state index contributed by atoms with van der Waals surface area (Å²) in [6, 6.07) is 2.05. The summed E-state index contributed by atoms with van der Waals surface area (Å²) in [5, 5.41) is 9.58. The molecule has 3 heteroatoms. The number of pyridine rings is 1. The van der Waals surface area contributed by atoms with Gasteiger partial charge in [-0.25, -0.2) is 4.98 Å². The molecule has 100 valence electrons. The summed E-state index contributed by atoms with van der Waals surface area (Å²) in [7, 11) is 0. The molecule has 0 saturated carbocycles. The van der Waals surface area contributed by atoms with Crippen LogP contribution in [0.15, 0.2) is 6.07 Å². The zero-order valence-corrected chi connectivity index (χ0v) is 11.6. The molecule has 1 aliphatic heterocycles. The molecule has 2 rings (SSSR count). The van der Waals surface area contributed by atoms with Gasteiger partial charge in [-0.1, -0.05) is 19.3 Å². The largest absolute Gasteiger partial charge is 0.392 e. The Labute approximate surface area is 110 Å². The minimum Gasteiger partial charge on any atom is -0.392 e. The number of rotatable bonds is 2. The van der Waals surface area contributed by atoms with Crippen LogP contribution in [-0.4, -0.2) is 23.2 Å². The van der Waals surface area contributed by atoms with Crippen molar-refractivity contribution in [3.05, 3.63) is 22.9 Å². The van der Waals surface area contributed by atoms with Gasteiger partial charge in [0.15, 0.2) is 0 Å². The molecule has 3 nitrogen and oxygen atoms in total. The van der Waals surface area contributed by atoms with Gasteiger partial charge in [-0.2, -0.15) is 0 Å². The van der Waals surface area contributed by atoms with E-state index in [9.17, 15) is 5.11 Å². The predicted octanol–water partition coefficient (Wildman–Crippen LogP) is 2.96. The maximum absolute atomic E-state index is 9.58. The molecule has 1 saturated heterocycles. The van der Waals surface area contributed by atoms with E-state index in [1.807, 2.05) is 6.92 Å². The van der Waals surface area contributed by atoms with Gasteiger partial charge in [-0.15, -0.1) is 0 Å². The maximum atomic E-state index is 9.58. The van der Waals surface area contributed by atoms with Crippen molar-refractivity contribution >= 4 is 5.82 Å². The van der Waals surface area contributed by atoms with E-state index in [2.05, 4.69) is 22.9 Å². The average molecular weight is 248 g/mol. The number of hydrogen-bond acceptors (Lipinski definition) is 3. The average Bonchev–Trinajstić information content (AvgIpc) is 2.27. The van der Waals surface area contributed by atoms with Gasteiger partial charge in [0, 0.05) is 24.3 Å². The summed E-state index contributed by atoms with van der Waals surface area (Å²) in [4.78, 5) is 7.03. The fourth-order valence-corrected chi connectivity index (χ4v) is 2.76. The zero-order chi connectivity index (χ0) is 13.0. The Balaban J connectivity index is 2.29. The van der Waals surface area contributed by atoms with E-state index in [0.717, 1.165) is 35.7 Å². The summed E-state index contributed by atoms with van der Waals surface area (Å²) in [5.74, 6) is 1.01. The summed E-state index contributed by atoms with van der Waals surface area (Å²) < 4.78 is 0. The molecular weight excluding hydrogens is 224 g/mol. The molecular formula is C15H24N2O. The first-order valence-corrected chi connectivity index (χ1v) is 7.05. The third kappa shape index (κ3) is 3.02. The van der Waals surface area contributed by atoms with Crippen LogP contribution in [0.4, 0.5) is 5.82 Å². The number of anilines is 1. The highest BCUT2D eigenvalue weighted by molar-refractivity contribution is 5.51. The van der Waals surface area contributed by atoms with Crippen molar-refractivity contribution in [3.63, 3.8) is 0 Å². The predicted molar refractivity (Wildman–Crippen MR) is 74.9 cm³/mol. The molecule has 2 heterocycles. The molecule has 0 aliphatic carbocycles. The van der Waals surface area contributed by atoms with E-state index in [1.165, 1.54) is 32.1 Å². The second-order valence-corrected chi connectivity index (χ2v) is 5.30. The summed E-state index contributed by atoms with van der Waals surface area (Å²) >= 11 is 0. The Bertz CT molecular complexity index is 396. The van der Waals surface area contributed by atoms with E-state index in [0.29, 0.717) is 0 Å². The molecule has 1 N–H and O–H groups in total. The highest BCUT2D eigenvalue weighted by Gasteiger charge is 2.16. The van der Waals surface area contributed by atoms with Gasteiger partial charge >= 0.3 is 0 Å². The van der Waals surface area contributed by atoms with Crippen molar-refractivity contribution in [1.29, 1.82) is 0 Å². The number of aromatic nitrogens is 1. The van der Waals surface area contributed by atoms with Gasteiger partial charge < -0.3 is 10.0 Å². The van der Waals surface area contributed by atoms with Crippen LogP contribution < -0.4 is 4.90 Å². The second kappa shape index (κ2) is 6.19. The Kier molecular flexibility index (Phi) is 4.59. The lowest BCUT2D eigenvalue weighted by Crippen LogP contribution is -2.29. The lowest BCUT2D eigenvalue weighted by atomic mass is 10.1. The monoisotopic (exact) mass is 248 g/mol. The zero-order valence-electron chi connectivity index (χ0n) is 11.6. The van der Waals surface area contributed by atoms with E-state index >= 15 is 0 Å². The summed E-state index contributed by atoms with van der Waals surface area (Å²) in [5.41, 5.74) is 3.20. The van der Waals surface area contributed by atoms with Crippen molar-refractivity contribution in [2.45, 2.75) is 52.6 Å². The number of hydrogen-bond donors (Lipinski definition) is 1. The van der Waals surface area contributed by atoms with E-state index in [4.69, 9.17) is 0 Å². The first-order valence-electron chi connectivity index (χ1n) is 7.05. The summed E-state index contributed by atoms with van der Waals surface area (Å²) in [6.45, 7) is 6.33. The Morgan fingerprint density at radius 1 is 1.11 bits per heavy atom. The minimum atomic E-state index is 0.0882. The first kappa shape index (κ1) is 13.3. The molecule has 0 bridgehead atoms. The topological polar surface area (TPSA) is 36.4 Å². The molecule has 0 unspecified atom stereocenters. The summed E-state index contributed by atoms with van der Waals surface area (Å²) in [6.07, 6.45) is 6.46. The van der Waals surface area contributed by atoms with E-state index < -0.39 is 0 Å². The van der Waals surface area contributed by atoms with Crippen LogP contribution >= 0.6 is 0 Å². The fraction of sp³-hybridized carbons (Fsp3) is 0.667. The highest BCUT2D eigenvalue weighted by atomic mass is 16.3. The van der Waals surface area contributed by atoms with Crippen LogP contribution in [0.2, 0.25) is 0 Å². The smallest absolute Gasteiger partial charge is 0.134 e. The molecule has 1 fully saturated rings. The minimum absolute atomic E-state index is 0.0882. The van der Waals surface area contributed by atoms with Crippen LogP contribution in [0, 0.1) is 13.8 Å². The Morgan fingerprint density at radius 3 is 2.33 bits per heavy atom. The quantitative estimate of drug-likeness (QED) is 0.874. The lowest BCUT2D eigenvalue weighted by Gasteiger charge is -2.28. The van der Waals surface area contributed by atoms with Crippen molar-refractivity contribution in [2.24, 2.45) is 0 Å². The van der Waals surface area contributed by atoms with Crippen molar-refractivity contribution in [3.8, 4) is 0 Å². The fourth-order valence-electron chi connectivity index (χ4n) is 2.76. The van der Waals surface area contributed by atoms with Crippen molar-refractivity contribution in [1.82, 2.24) is 4.98 Å². The number of aliphatic hydroxyl groups excluding tert-OH is 1. The number of aryl methyl sites for hydroxylation is 2. The third-order valence-electron chi connectivity index (χ3n) is 3.77. The van der Waals surface area contributed by atoms with E-state index in [-0.39, 0.29) is 6.61 Å². The SMILES string of the molecule is Cc1cc(C)c(CO)c(N2CCCCCCC2)n1. The lowest BCUT2D eigenvalue weighted by molar-refractivity contribution is 0.280. The molecule has 1 aromatic heterocycles. The number of nitrogens with zero attached hydrogens (tertiary/aromatic N) is 2. The molecule has 0 spiro atoms. The molecule has 0 radical (unpaired) electrons. The van der Waals surface area contributed by atoms with Crippen LogP contribution in [0.3, 0.4) is 0 Å². The van der Waals surface area contributed by atoms with Crippen molar-refractivity contribution < 1.29 is 5.11 Å². The molecule has 1 aromatic rings. The van der Waals surface area contributed by atoms with Crippen LogP contribution in [-0.2, 0) is 6.61 Å².